The Bertz CT molecular complexity index is 324. The van der Waals surface area contributed by atoms with Gasteiger partial charge in [-0.05, 0) is 24.1 Å². The van der Waals surface area contributed by atoms with Crippen LogP contribution in [0, 0.1) is 5.82 Å². The normalized spacial score (nSPS) is 12.2. The predicted molar refractivity (Wildman–Crippen MR) is 56.5 cm³/mol. The van der Waals surface area contributed by atoms with Gasteiger partial charge in [-0.3, -0.25) is 4.79 Å². The minimum atomic E-state index is -0.467. The molecule has 0 saturated heterocycles. The Morgan fingerprint density at radius 1 is 1.47 bits per heavy atom. The zero-order valence-electron chi connectivity index (χ0n) is 8.66. The van der Waals surface area contributed by atoms with Crippen LogP contribution < -0.4 is 11.1 Å². The molecule has 0 aliphatic heterocycles. The fourth-order valence-corrected chi connectivity index (χ4v) is 1.11. The fourth-order valence-electron chi connectivity index (χ4n) is 1.11. The van der Waals surface area contributed by atoms with Crippen molar-refractivity contribution in [3.8, 4) is 0 Å². The van der Waals surface area contributed by atoms with Crippen molar-refractivity contribution in [2.24, 2.45) is 5.73 Å². The van der Waals surface area contributed by atoms with Crippen LogP contribution in [0.3, 0.4) is 0 Å². The summed E-state index contributed by atoms with van der Waals surface area (Å²) in [6.07, 6.45) is 0.606. The van der Waals surface area contributed by atoms with E-state index in [9.17, 15) is 9.18 Å². The summed E-state index contributed by atoms with van der Waals surface area (Å²) in [5, 5.41) is 2.68. The van der Waals surface area contributed by atoms with Gasteiger partial charge in [-0.1, -0.05) is 19.1 Å². The topological polar surface area (TPSA) is 55.1 Å². The first-order chi connectivity index (χ1) is 7.13. The summed E-state index contributed by atoms with van der Waals surface area (Å²) in [6.45, 7) is 2.23. The summed E-state index contributed by atoms with van der Waals surface area (Å²) in [5.74, 6) is -0.461. The maximum Gasteiger partial charge on any atom is 0.237 e. The van der Waals surface area contributed by atoms with Crippen molar-refractivity contribution in [1.29, 1.82) is 0 Å². The second-order valence-electron chi connectivity index (χ2n) is 3.36. The molecule has 0 radical (unpaired) electrons. The zero-order valence-corrected chi connectivity index (χ0v) is 8.66. The maximum absolute atomic E-state index is 12.6. The van der Waals surface area contributed by atoms with E-state index < -0.39 is 6.04 Å². The lowest BCUT2D eigenvalue weighted by atomic mass is 10.2. The minimum absolute atomic E-state index is 0.179. The van der Waals surface area contributed by atoms with Crippen molar-refractivity contribution in [2.75, 3.05) is 0 Å². The molecular weight excluding hydrogens is 195 g/mol. The third kappa shape index (κ3) is 3.67. The van der Waals surface area contributed by atoms with Crippen molar-refractivity contribution in [3.05, 3.63) is 35.6 Å². The molecule has 0 aliphatic rings. The quantitative estimate of drug-likeness (QED) is 0.784. The number of benzene rings is 1. The zero-order chi connectivity index (χ0) is 11.3. The molecular formula is C11H15FN2O. The van der Waals surface area contributed by atoms with E-state index in [-0.39, 0.29) is 11.7 Å². The highest BCUT2D eigenvalue weighted by atomic mass is 19.1. The molecule has 3 N–H and O–H groups in total. The van der Waals surface area contributed by atoms with Crippen molar-refractivity contribution < 1.29 is 9.18 Å². The maximum atomic E-state index is 12.6. The number of halogens is 1. The van der Waals surface area contributed by atoms with Crippen LogP contribution in [-0.2, 0) is 11.3 Å². The lowest BCUT2D eigenvalue weighted by molar-refractivity contribution is -0.122. The van der Waals surface area contributed by atoms with E-state index in [0.29, 0.717) is 13.0 Å². The molecule has 0 fully saturated rings. The van der Waals surface area contributed by atoms with Gasteiger partial charge in [0.15, 0.2) is 0 Å². The molecule has 0 aromatic heterocycles. The molecule has 0 heterocycles. The first-order valence-corrected chi connectivity index (χ1v) is 4.91. The molecule has 1 rings (SSSR count). The van der Waals surface area contributed by atoms with Gasteiger partial charge in [0, 0.05) is 6.54 Å². The van der Waals surface area contributed by atoms with Crippen molar-refractivity contribution in [3.63, 3.8) is 0 Å². The monoisotopic (exact) mass is 210 g/mol. The molecule has 0 aliphatic carbocycles. The standard InChI is InChI=1S/C11H15FN2O/c1-2-10(13)11(15)14-7-8-3-5-9(12)6-4-8/h3-6,10H,2,7,13H2,1H3,(H,14,15)/t10-/m0/s1. The summed E-state index contributed by atoms with van der Waals surface area (Å²) in [7, 11) is 0. The highest BCUT2D eigenvalue weighted by Crippen LogP contribution is 2.02. The van der Waals surface area contributed by atoms with Gasteiger partial charge in [0.2, 0.25) is 5.91 Å². The number of nitrogens with one attached hydrogen (secondary N) is 1. The van der Waals surface area contributed by atoms with E-state index in [2.05, 4.69) is 5.32 Å². The van der Waals surface area contributed by atoms with E-state index in [1.165, 1.54) is 12.1 Å². The number of hydrogen-bond acceptors (Lipinski definition) is 2. The van der Waals surface area contributed by atoms with Crippen molar-refractivity contribution in [2.45, 2.75) is 25.9 Å². The molecule has 4 heteroatoms. The van der Waals surface area contributed by atoms with Crippen LogP contribution in [0.2, 0.25) is 0 Å². The number of amides is 1. The van der Waals surface area contributed by atoms with Crippen LogP contribution in [0.1, 0.15) is 18.9 Å². The average Bonchev–Trinajstić information content (AvgIpc) is 2.26. The first-order valence-electron chi connectivity index (χ1n) is 4.91. The average molecular weight is 210 g/mol. The van der Waals surface area contributed by atoms with Crippen LogP contribution in [0.4, 0.5) is 4.39 Å². The fraction of sp³-hybridized carbons (Fsp3) is 0.364. The second-order valence-corrected chi connectivity index (χ2v) is 3.36. The summed E-state index contributed by atoms with van der Waals surface area (Å²) >= 11 is 0. The van der Waals surface area contributed by atoms with Crippen molar-refractivity contribution in [1.82, 2.24) is 5.32 Å². The molecule has 1 aromatic carbocycles. The van der Waals surface area contributed by atoms with Crippen LogP contribution in [0.15, 0.2) is 24.3 Å². The van der Waals surface area contributed by atoms with Gasteiger partial charge < -0.3 is 11.1 Å². The Balaban J connectivity index is 2.43. The molecule has 82 valence electrons. The van der Waals surface area contributed by atoms with E-state index in [0.717, 1.165) is 5.56 Å². The molecule has 1 aromatic rings. The van der Waals surface area contributed by atoms with Gasteiger partial charge in [0.1, 0.15) is 5.82 Å². The molecule has 0 unspecified atom stereocenters. The number of rotatable bonds is 4. The Morgan fingerprint density at radius 3 is 2.60 bits per heavy atom. The van der Waals surface area contributed by atoms with Crippen molar-refractivity contribution >= 4 is 5.91 Å². The van der Waals surface area contributed by atoms with E-state index in [1.807, 2.05) is 6.92 Å². The molecule has 0 saturated carbocycles. The Labute approximate surface area is 88.5 Å². The van der Waals surface area contributed by atoms with Gasteiger partial charge >= 0.3 is 0 Å². The number of nitrogens with two attached hydrogens (primary N) is 1. The van der Waals surface area contributed by atoms with Gasteiger partial charge in [-0.25, -0.2) is 4.39 Å². The van der Waals surface area contributed by atoms with Gasteiger partial charge in [-0.2, -0.15) is 0 Å². The van der Waals surface area contributed by atoms with Gasteiger partial charge in [0.05, 0.1) is 6.04 Å². The summed E-state index contributed by atoms with van der Waals surface area (Å²) < 4.78 is 12.6. The molecule has 15 heavy (non-hydrogen) atoms. The van der Waals surface area contributed by atoms with Gasteiger partial charge in [-0.15, -0.1) is 0 Å². The smallest absolute Gasteiger partial charge is 0.237 e. The summed E-state index contributed by atoms with van der Waals surface area (Å²) in [4.78, 5) is 11.3. The van der Waals surface area contributed by atoms with E-state index in [1.54, 1.807) is 12.1 Å². The Hall–Kier alpha value is -1.42. The lowest BCUT2D eigenvalue weighted by Gasteiger charge is -2.09. The first kappa shape index (κ1) is 11.7. The summed E-state index contributed by atoms with van der Waals surface area (Å²) in [5.41, 5.74) is 6.39. The van der Waals surface area contributed by atoms with E-state index in [4.69, 9.17) is 5.73 Å². The number of hydrogen-bond donors (Lipinski definition) is 2. The largest absolute Gasteiger partial charge is 0.351 e. The molecule has 0 spiro atoms. The van der Waals surface area contributed by atoms with Crippen LogP contribution in [-0.4, -0.2) is 11.9 Å². The lowest BCUT2D eigenvalue weighted by Crippen LogP contribution is -2.39. The number of carbonyl (C=O) groups excluding carboxylic acids is 1. The predicted octanol–water partition coefficient (Wildman–Crippen LogP) is 1.18. The molecule has 0 bridgehead atoms. The van der Waals surface area contributed by atoms with Gasteiger partial charge in [0.25, 0.3) is 0 Å². The summed E-state index contributed by atoms with van der Waals surface area (Å²) in [6, 6.07) is 5.52. The van der Waals surface area contributed by atoms with Crippen LogP contribution >= 0.6 is 0 Å². The third-order valence-electron chi connectivity index (χ3n) is 2.16. The SMILES string of the molecule is CC[C@H](N)C(=O)NCc1ccc(F)cc1. The minimum Gasteiger partial charge on any atom is -0.351 e. The highest BCUT2D eigenvalue weighted by molar-refractivity contribution is 5.81. The molecule has 3 nitrogen and oxygen atoms in total. The van der Waals surface area contributed by atoms with E-state index >= 15 is 0 Å². The molecule has 1 amide bonds. The third-order valence-corrected chi connectivity index (χ3v) is 2.16. The highest BCUT2D eigenvalue weighted by Gasteiger charge is 2.09. The Morgan fingerprint density at radius 2 is 2.07 bits per heavy atom. The molecule has 1 atom stereocenters. The van der Waals surface area contributed by atoms with Crippen LogP contribution in [0.5, 0.6) is 0 Å². The number of carbonyl (C=O) groups is 1. The Kier molecular flexibility index (Phi) is 4.24. The van der Waals surface area contributed by atoms with Crippen LogP contribution in [0.25, 0.3) is 0 Å². The second kappa shape index (κ2) is 5.46.